The first-order chi connectivity index (χ1) is 15.7. The summed E-state index contributed by atoms with van der Waals surface area (Å²) in [6, 6.07) is 11.0. The van der Waals surface area contributed by atoms with E-state index in [2.05, 4.69) is 20.9 Å². The minimum atomic E-state index is -0.267. The van der Waals surface area contributed by atoms with E-state index in [0.717, 1.165) is 70.3 Å². The van der Waals surface area contributed by atoms with Crippen LogP contribution in [0.25, 0.3) is 0 Å². The lowest BCUT2D eigenvalue weighted by Crippen LogP contribution is -2.38. The van der Waals surface area contributed by atoms with Crippen LogP contribution in [0.3, 0.4) is 0 Å². The minimum absolute atomic E-state index is 0. The van der Waals surface area contributed by atoms with Crippen molar-refractivity contribution in [3.63, 3.8) is 0 Å². The van der Waals surface area contributed by atoms with Gasteiger partial charge in [-0.05, 0) is 61.9 Å². The Morgan fingerprint density at radius 1 is 1.15 bits per heavy atom. The van der Waals surface area contributed by atoms with Gasteiger partial charge in [0, 0.05) is 45.2 Å². The number of anilines is 1. The molecule has 1 saturated heterocycles. The molecular formula is C24H35IN4O4. The molecule has 0 bridgehead atoms. The molecule has 3 rings (SSSR count). The number of furan rings is 1. The van der Waals surface area contributed by atoms with Crippen LogP contribution in [0.5, 0.6) is 0 Å². The maximum Gasteiger partial charge on any atom is 0.291 e. The monoisotopic (exact) mass is 570 g/mol. The van der Waals surface area contributed by atoms with E-state index in [0.29, 0.717) is 18.2 Å². The summed E-state index contributed by atoms with van der Waals surface area (Å²) in [7, 11) is 0. The standard InChI is InChI=1S/C24H34N4O4.HI/c1-2-25-24(26-12-4-13-31-18-20-10-15-30-16-11-20)27-17-19-6-8-21(9-7-19)28-23(29)22-5-3-14-32-22;/h3,5-9,14,20H,2,4,10-13,15-18H2,1H3,(H,28,29)(H2,25,26,27);1H. The van der Waals surface area contributed by atoms with Crippen molar-refractivity contribution in [3.8, 4) is 0 Å². The molecule has 0 atom stereocenters. The first-order valence-electron chi connectivity index (χ1n) is 11.4. The van der Waals surface area contributed by atoms with E-state index in [-0.39, 0.29) is 35.6 Å². The van der Waals surface area contributed by atoms with E-state index in [9.17, 15) is 4.79 Å². The van der Waals surface area contributed by atoms with Crippen LogP contribution in [0, 0.1) is 5.92 Å². The normalized spacial score (nSPS) is 14.4. The molecule has 1 aromatic heterocycles. The Hall–Kier alpha value is -2.11. The Morgan fingerprint density at radius 3 is 2.64 bits per heavy atom. The molecule has 1 aliphatic heterocycles. The summed E-state index contributed by atoms with van der Waals surface area (Å²) in [5, 5.41) is 9.43. The van der Waals surface area contributed by atoms with Gasteiger partial charge in [-0.15, -0.1) is 24.0 Å². The highest BCUT2D eigenvalue weighted by atomic mass is 127. The average Bonchev–Trinajstić information content (AvgIpc) is 3.36. The van der Waals surface area contributed by atoms with Gasteiger partial charge in [0.1, 0.15) is 0 Å². The van der Waals surface area contributed by atoms with Crippen molar-refractivity contribution in [2.45, 2.75) is 32.7 Å². The molecule has 1 aliphatic rings. The minimum Gasteiger partial charge on any atom is -0.459 e. The predicted octanol–water partition coefficient (Wildman–Crippen LogP) is 4.04. The number of benzene rings is 1. The van der Waals surface area contributed by atoms with Crippen LogP contribution in [0.1, 0.15) is 42.3 Å². The van der Waals surface area contributed by atoms with E-state index >= 15 is 0 Å². The zero-order valence-electron chi connectivity index (χ0n) is 19.2. The van der Waals surface area contributed by atoms with Crippen LogP contribution in [-0.2, 0) is 16.0 Å². The number of carbonyl (C=O) groups excluding carboxylic acids is 1. The highest BCUT2D eigenvalue weighted by Gasteiger charge is 2.13. The van der Waals surface area contributed by atoms with Crippen LogP contribution in [0.4, 0.5) is 5.69 Å². The molecule has 0 spiro atoms. The lowest BCUT2D eigenvalue weighted by molar-refractivity contribution is 0.0203. The lowest BCUT2D eigenvalue weighted by atomic mass is 10.0. The molecule has 0 unspecified atom stereocenters. The molecule has 182 valence electrons. The summed E-state index contributed by atoms with van der Waals surface area (Å²) in [6.45, 7) is 7.49. The maximum absolute atomic E-state index is 12.0. The molecule has 0 aliphatic carbocycles. The van der Waals surface area contributed by atoms with E-state index in [1.165, 1.54) is 6.26 Å². The first kappa shape index (κ1) is 27.1. The molecular weight excluding hydrogens is 535 g/mol. The third kappa shape index (κ3) is 10.1. The van der Waals surface area contributed by atoms with Crippen LogP contribution in [-0.4, -0.2) is 51.4 Å². The molecule has 33 heavy (non-hydrogen) atoms. The number of amides is 1. The Bertz CT molecular complexity index is 821. The van der Waals surface area contributed by atoms with Crippen molar-refractivity contribution in [1.82, 2.24) is 10.6 Å². The van der Waals surface area contributed by atoms with Crippen molar-refractivity contribution in [2.24, 2.45) is 10.9 Å². The van der Waals surface area contributed by atoms with Crippen molar-refractivity contribution >= 4 is 41.5 Å². The molecule has 1 aromatic carbocycles. The molecule has 1 fully saturated rings. The number of guanidine groups is 1. The number of aliphatic imine (C=N–C) groups is 1. The van der Waals surface area contributed by atoms with Gasteiger partial charge in [-0.25, -0.2) is 4.99 Å². The van der Waals surface area contributed by atoms with Gasteiger partial charge in [0.2, 0.25) is 0 Å². The number of hydrogen-bond acceptors (Lipinski definition) is 5. The smallest absolute Gasteiger partial charge is 0.291 e. The maximum atomic E-state index is 12.0. The second kappa shape index (κ2) is 15.7. The number of hydrogen-bond donors (Lipinski definition) is 3. The van der Waals surface area contributed by atoms with Crippen LogP contribution < -0.4 is 16.0 Å². The fraction of sp³-hybridized carbons (Fsp3) is 0.500. The highest BCUT2D eigenvalue weighted by Crippen LogP contribution is 2.15. The highest BCUT2D eigenvalue weighted by molar-refractivity contribution is 14.0. The number of carbonyl (C=O) groups is 1. The summed E-state index contributed by atoms with van der Waals surface area (Å²) >= 11 is 0. The zero-order valence-corrected chi connectivity index (χ0v) is 21.5. The van der Waals surface area contributed by atoms with Gasteiger partial charge in [-0.1, -0.05) is 12.1 Å². The van der Waals surface area contributed by atoms with Crippen molar-refractivity contribution < 1.29 is 18.7 Å². The lowest BCUT2D eigenvalue weighted by Gasteiger charge is -2.21. The third-order valence-electron chi connectivity index (χ3n) is 5.17. The van der Waals surface area contributed by atoms with Gasteiger partial charge in [0.15, 0.2) is 11.7 Å². The fourth-order valence-corrected chi connectivity index (χ4v) is 3.35. The SMILES string of the molecule is CCNC(=NCc1ccc(NC(=O)c2ccco2)cc1)NCCCOCC1CCOCC1.I. The van der Waals surface area contributed by atoms with Gasteiger partial charge in [-0.3, -0.25) is 4.79 Å². The molecule has 1 amide bonds. The third-order valence-corrected chi connectivity index (χ3v) is 5.17. The molecule has 0 saturated carbocycles. The Kier molecular flexibility index (Phi) is 12.9. The van der Waals surface area contributed by atoms with Crippen molar-refractivity contribution in [2.75, 3.05) is 44.8 Å². The van der Waals surface area contributed by atoms with E-state index in [4.69, 9.17) is 13.9 Å². The average molecular weight is 570 g/mol. The molecule has 2 aromatic rings. The van der Waals surface area contributed by atoms with Gasteiger partial charge in [0.25, 0.3) is 5.91 Å². The number of nitrogens with zero attached hydrogens (tertiary/aromatic N) is 1. The van der Waals surface area contributed by atoms with Crippen LogP contribution >= 0.6 is 24.0 Å². The molecule has 2 heterocycles. The van der Waals surface area contributed by atoms with E-state index in [1.54, 1.807) is 12.1 Å². The van der Waals surface area contributed by atoms with Gasteiger partial charge < -0.3 is 29.8 Å². The van der Waals surface area contributed by atoms with Crippen molar-refractivity contribution in [1.29, 1.82) is 0 Å². The summed E-state index contributed by atoms with van der Waals surface area (Å²) in [4.78, 5) is 16.7. The summed E-state index contributed by atoms with van der Waals surface area (Å²) < 4.78 is 16.3. The number of ether oxygens (including phenoxy) is 2. The molecule has 0 radical (unpaired) electrons. The molecule has 8 nitrogen and oxygen atoms in total. The van der Waals surface area contributed by atoms with Crippen LogP contribution in [0.15, 0.2) is 52.1 Å². The predicted molar refractivity (Wildman–Crippen MR) is 140 cm³/mol. The second-order valence-corrected chi connectivity index (χ2v) is 7.73. The van der Waals surface area contributed by atoms with Gasteiger partial charge in [0.05, 0.1) is 12.8 Å². The van der Waals surface area contributed by atoms with Crippen LogP contribution in [0.2, 0.25) is 0 Å². The summed E-state index contributed by atoms with van der Waals surface area (Å²) in [5.41, 5.74) is 1.77. The van der Waals surface area contributed by atoms with Gasteiger partial charge in [-0.2, -0.15) is 0 Å². The quantitative estimate of drug-likeness (QED) is 0.163. The Labute approximate surface area is 212 Å². The Balaban J connectivity index is 0.00000385. The largest absolute Gasteiger partial charge is 0.459 e. The molecule has 9 heteroatoms. The first-order valence-corrected chi connectivity index (χ1v) is 11.4. The zero-order chi connectivity index (χ0) is 22.4. The Morgan fingerprint density at radius 2 is 1.94 bits per heavy atom. The van der Waals surface area contributed by atoms with E-state index in [1.807, 2.05) is 31.2 Å². The number of halogens is 1. The second-order valence-electron chi connectivity index (χ2n) is 7.73. The number of nitrogens with one attached hydrogen (secondary N) is 3. The summed E-state index contributed by atoms with van der Waals surface area (Å²) in [5.74, 6) is 1.44. The van der Waals surface area contributed by atoms with Crippen molar-refractivity contribution in [3.05, 3.63) is 54.0 Å². The summed E-state index contributed by atoms with van der Waals surface area (Å²) in [6.07, 6.45) is 4.61. The molecule has 3 N–H and O–H groups in total. The topological polar surface area (TPSA) is 97.1 Å². The van der Waals surface area contributed by atoms with E-state index < -0.39 is 0 Å². The number of rotatable bonds is 11. The fourth-order valence-electron chi connectivity index (χ4n) is 3.35. The van der Waals surface area contributed by atoms with Gasteiger partial charge >= 0.3 is 0 Å².